The van der Waals surface area contributed by atoms with Gasteiger partial charge in [-0.2, -0.15) is 0 Å². The number of hydrogen-bond acceptors (Lipinski definition) is 6. The van der Waals surface area contributed by atoms with E-state index in [1.54, 1.807) is 13.8 Å². The Bertz CT molecular complexity index is 783. The fraction of sp³-hybridized carbons (Fsp3) is 0.417. The summed E-state index contributed by atoms with van der Waals surface area (Å²) in [5.41, 5.74) is -1.19. The van der Waals surface area contributed by atoms with E-state index >= 15 is 0 Å². The molecule has 2 aromatic carbocycles. The Kier molecular flexibility index (Phi) is 8.27. The van der Waals surface area contributed by atoms with Crippen LogP contribution in [0.25, 0.3) is 0 Å². The zero-order valence-electron chi connectivity index (χ0n) is 18.1. The summed E-state index contributed by atoms with van der Waals surface area (Å²) in [6, 6.07) is 18.6. The molecular weight excluding hydrogens is 380 g/mol. The lowest BCUT2D eigenvalue weighted by atomic mass is 9.99. The quantitative estimate of drug-likeness (QED) is 0.362. The van der Waals surface area contributed by atoms with Crippen molar-refractivity contribution >= 4 is 11.9 Å². The van der Waals surface area contributed by atoms with E-state index in [4.69, 9.17) is 9.47 Å². The molecule has 0 bridgehead atoms. The molecule has 6 heteroatoms. The minimum Gasteiger partial charge on any atom is -0.431 e. The number of nitrogens with zero attached hydrogens (tertiary/aromatic N) is 2. The van der Waals surface area contributed by atoms with Crippen LogP contribution in [0.15, 0.2) is 70.9 Å². The van der Waals surface area contributed by atoms with Gasteiger partial charge in [-0.15, -0.1) is 10.2 Å². The predicted octanol–water partition coefficient (Wildman–Crippen LogP) is 5.87. The van der Waals surface area contributed by atoms with Crippen molar-refractivity contribution in [3.05, 3.63) is 71.8 Å². The third kappa shape index (κ3) is 5.32. The van der Waals surface area contributed by atoms with Crippen molar-refractivity contribution in [3.8, 4) is 0 Å². The smallest absolute Gasteiger partial charge is 0.308 e. The zero-order chi connectivity index (χ0) is 22.0. The molecule has 0 aliphatic rings. The van der Waals surface area contributed by atoms with Crippen LogP contribution >= 0.6 is 0 Å². The topological polar surface area (TPSA) is 77.3 Å². The number of hydrogen-bond donors (Lipinski definition) is 0. The van der Waals surface area contributed by atoms with Crippen molar-refractivity contribution in [1.29, 1.82) is 0 Å². The Labute approximate surface area is 178 Å². The van der Waals surface area contributed by atoms with Crippen LogP contribution in [-0.2, 0) is 30.5 Å². The number of carbonyl (C=O) groups is 2. The van der Waals surface area contributed by atoms with Crippen LogP contribution in [-0.4, -0.2) is 11.9 Å². The van der Waals surface area contributed by atoms with Crippen molar-refractivity contribution in [1.82, 2.24) is 0 Å². The lowest BCUT2D eigenvalue weighted by Crippen LogP contribution is -2.33. The fourth-order valence-corrected chi connectivity index (χ4v) is 3.05. The molecule has 0 radical (unpaired) electrons. The number of carbonyl (C=O) groups excluding carboxylic acids is 2. The normalized spacial score (nSPS) is 15.2. The molecule has 0 aliphatic heterocycles. The van der Waals surface area contributed by atoms with Gasteiger partial charge in [-0.1, -0.05) is 88.4 Å². The molecule has 0 spiro atoms. The molecule has 0 N–H and O–H groups in total. The Morgan fingerprint density at radius 1 is 0.667 bits per heavy atom. The summed E-state index contributed by atoms with van der Waals surface area (Å²) in [5, 5.41) is 9.09. The van der Waals surface area contributed by atoms with E-state index in [1.807, 2.05) is 74.5 Å². The molecule has 0 aliphatic carbocycles. The molecule has 0 amide bonds. The molecule has 0 saturated heterocycles. The fourth-order valence-electron chi connectivity index (χ4n) is 3.05. The largest absolute Gasteiger partial charge is 0.431 e. The maximum atomic E-state index is 12.2. The van der Waals surface area contributed by atoms with Crippen LogP contribution in [0, 0.1) is 0 Å². The second-order valence-corrected chi connectivity index (χ2v) is 6.86. The van der Waals surface area contributed by atoms with Crippen LogP contribution in [0.5, 0.6) is 0 Å². The van der Waals surface area contributed by atoms with Gasteiger partial charge in [-0.25, -0.2) is 0 Å². The molecule has 2 aromatic rings. The summed E-state index contributed by atoms with van der Waals surface area (Å²) in [5.74, 6) is -0.765. The van der Waals surface area contributed by atoms with E-state index in [-0.39, 0.29) is 24.8 Å². The summed E-state index contributed by atoms with van der Waals surface area (Å²) >= 11 is 0. The molecule has 0 aromatic heterocycles. The van der Waals surface area contributed by atoms with Gasteiger partial charge in [-0.3, -0.25) is 9.59 Å². The highest BCUT2D eigenvalue weighted by atomic mass is 16.6. The van der Waals surface area contributed by atoms with Crippen molar-refractivity contribution in [2.45, 2.75) is 64.8 Å². The average molecular weight is 411 g/mol. The zero-order valence-corrected chi connectivity index (χ0v) is 18.1. The molecule has 160 valence electrons. The van der Waals surface area contributed by atoms with Crippen molar-refractivity contribution < 1.29 is 19.1 Å². The van der Waals surface area contributed by atoms with Gasteiger partial charge >= 0.3 is 11.9 Å². The molecule has 2 atom stereocenters. The third-order valence-corrected chi connectivity index (χ3v) is 4.92. The Morgan fingerprint density at radius 2 is 1.00 bits per heavy atom. The van der Waals surface area contributed by atoms with Gasteiger partial charge in [0.15, 0.2) is 0 Å². The van der Waals surface area contributed by atoms with Crippen LogP contribution in [0.4, 0.5) is 0 Å². The van der Waals surface area contributed by atoms with Gasteiger partial charge in [0.1, 0.15) is 0 Å². The first-order chi connectivity index (χ1) is 14.4. The van der Waals surface area contributed by atoms with Crippen LogP contribution in [0.2, 0.25) is 0 Å². The van der Waals surface area contributed by atoms with Gasteiger partial charge in [0.25, 0.3) is 0 Å². The van der Waals surface area contributed by atoms with Gasteiger partial charge in [0.2, 0.25) is 11.4 Å². The lowest BCUT2D eigenvalue weighted by Gasteiger charge is -2.32. The highest BCUT2D eigenvalue weighted by molar-refractivity contribution is 5.70. The summed E-state index contributed by atoms with van der Waals surface area (Å²) in [6.07, 6.45) is 1.18. The molecule has 0 fully saturated rings. The summed E-state index contributed by atoms with van der Waals surface area (Å²) in [4.78, 5) is 24.5. The summed E-state index contributed by atoms with van der Waals surface area (Å²) < 4.78 is 11.6. The monoisotopic (exact) mass is 410 g/mol. The van der Waals surface area contributed by atoms with Crippen LogP contribution in [0.1, 0.15) is 64.5 Å². The SMILES string of the molecule is CCC(=O)OC(CC)(/N=N/C(CC)(OC(=O)CC)c1ccccc1)c1ccccc1. The molecular formula is C24H30N2O4. The Hall–Kier alpha value is -3.02. The minimum absolute atomic E-state index is 0.215. The number of azo groups is 1. The van der Waals surface area contributed by atoms with Crippen molar-refractivity contribution in [3.63, 3.8) is 0 Å². The molecule has 30 heavy (non-hydrogen) atoms. The van der Waals surface area contributed by atoms with Gasteiger partial charge in [-0.05, 0) is 0 Å². The van der Waals surface area contributed by atoms with E-state index < -0.39 is 11.4 Å². The number of rotatable bonds is 10. The third-order valence-electron chi connectivity index (χ3n) is 4.92. The average Bonchev–Trinajstić information content (AvgIpc) is 2.81. The molecule has 0 saturated carbocycles. The number of esters is 2. The maximum absolute atomic E-state index is 12.2. The highest BCUT2D eigenvalue weighted by Crippen LogP contribution is 2.37. The maximum Gasteiger partial charge on any atom is 0.308 e. The van der Waals surface area contributed by atoms with E-state index in [0.29, 0.717) is 24.0 Å². The second kappa shape index (κ2) is 10.7. The first kappa shape index (κ1) is 23.3. The number of benzene rings is 2. The van der Waals surface area contributed by atoms with Crippen LogP contribution in [0.3, 0.4) is 0 Å². The van der Waals surface area contributed by atoms with Crippen molar-refractivity contribution in [2.24, 2.45) is 10.2 Å². The molecule has 6 nitrogen and oxygen atoms in total. The highest BCUT2D eigenvalue weighted by Gasteiger charge is 2.39. The van der Waals surface area contributed by atoms with E-state index in [0.717, 1.165) is 0 Å². The van der Waals surface area contributed by atoms with E-state index in [1.165, 1.54) is 0 Å². The van der Waals surface area contributed by atoms with Crippen LogP contribution < -0.4 is 0 Å². The Balaban J connectivity index is 2.61. The predicted molar refractivity (Wildman–Crippen MR) is 114 cm³/mol. The number of ether oxygens (including phenoxy) is 2. The standard InChI is InChI=1S/C24H30N2O4/c1-5-21(27)29-23(7-3,19-15-11-9-12-16-19)25-26-24(8-4,30-22(28)6-2)20-17-13-10-14-18-20/h9-18H,5-8H2,1-4H3/b26-25+. The lowest BCUT2D eigenvalue weighted by molar-refractivity contribution is -0.167. The molecule has 2 unspecified atom stereocenters. The van der Waals surface area contributed by atoms with E-state index in [9.17, 15) is 9.59 Å². The first-order valence-corrected chi connectivity index (χ1v) is 10.4. The van der Waals surface area contributed by atoms with Gasteiger partial charge in [0, 0.05) is 36.8 Å². The summed E-state index contributed by atoms with van der Waals surface area (Å²) in [6.45, 7) is 7.22. The van der Waals surface area contributed by atoms with Crippen molar-refractivity contribution in [2.75, 3.05) is 0 Å². The second-order valence-electron chi connectivity index (χ2n) is 6.86. The van der Waals surface area contributed by atoms with Gasteiger partial charge < -0.3 is 9.47 Å². The molecule has 0 heterocycles. The Morgan fingerprint density at radius 3 is 1.27 bits per heavy atom. The van der Waals surface area contributed by atoms with E-state index in [2.05, 4.69) is 10.2 Å². The molecule has 2 rings (SSSR count). The summed E-state index contributed by atoms with van der Waals surface area (Å²) in [7, 11) is 0. The minimum atomic E-state index is -1.30. The first-order valence-electron chi connectivity index (χ1n) is 10.4. The van der Waals surface area contributed by atoms with Gasteiger partial charge in [0.05, 0.1) is 0 Å².